The van der Waals surface area contributed by atoms with E-state index < -0.39 is 17.9 Å². The molecular formula is C12H20N4O4. The molecule has 0 aliphatic carbocycles. The first kappa shape index (κ1) is 16.1. The predicted molar refractivity (Wildman–Crippen MR) is 70.5 cm³/mol. The van der Waals surface area contributed by atoms with Crippen molar-refractivity contribution in [2.75, 3.05) is 13.7 Å². The van der Waals surface area contributed by atoms with Crippen molar-refractivity contribution in [1.29, 1.82) is 0 Å². The van der Waals surface area contributed by atoms with E-state index in [1.807, 2.05) is 20.8 Å². The third-order valence-corrected chi connectivity index (χ3v) is 2.61. The quantitative estimate of drug-likeness (QED) is 0.692. The molecule has 3 N–H and O–H groups in total. The fourth-order valence-corrected chi connectivity index (χ4v) is 1.41. The van der Waals surface area contributed by atoms with Crippen LogP contribution in [0, 0.1) is 0 Å². The van der Waals surface area contributed by atoms with Gasteiger partial charge < -0.3 is 15.2 Å². The molecular weight excluding hydrogens is 264 g/mol. The van der Waals surface area contributed by atoms with E-state index in [9.17, 15) is 9.59 Å². The number of aromatic nitrogens is 3. The molecule has 20 heavy (non-hydrogen) atoms. The van der Waals surface area contributed by atoms with Crippen LogP contribution in [0.25, 0.3) is 0 Å². The smallest absolute Gasteiger partial charge is 0.326 e. The molecule has 0 fully saturated rings. The zero-order chi connectivity index (χ0) is 15.3. The third kappa shape index (κ3) is 4.30. The number of H-pyrrole nitrogens is 1. The van der Waals surface area contributed by atoms with Gasteiger partial charge in [0.15, 0.2) is 0 Å². The summed E-state index contributed by atoms with van der Waals surface area (Å²) in [5.41, 5.74) is -0.270. The number of carboxylic acid groups (broad SMARTS) is 1. The van der Waals surface area contributed by atoms with Crippen LogP contribution >= 0.6 is 0 Å². The van der Waals surface area contributed by atoms with E-state index >= 15 is 0 Å². The zero-order valence-electron chi connectivity index (χ0n) is 12.1. The highest BCUT2D eigenvalue weighted by Crippen LogP contribution is 2.17. The van der Waals surface area contributed by atoms with Crippen LogP contribution in [-0.2, 0) is 14.9 Å². The van der Waals surface area contributed by atoms with Gasteiger partial charge >= 0.3 is 5.97 Å². The lowest BCUT2D eigenvalue weighted by Crippen LogP contribution is -2.41. The summed E-state index contributed by atoms with van der Waals surface area (Å²) in [4.78, 5) is 27.0. The van der Waals surface area contributed by atoms with Crippen LogP contribution in [0.4, 0.5) is 0 Å². The van der Waals surface area contributed by atoms with Crippen LogP contribution in [0.2, 0.25) is 0 Å². The molecule has 112 valence electrons. The fraction of sp³-hybridized carbons (Fsp3) is 0.667. The van der Waals surface area contributed by atoms with Gasteiger partial charge in [0, 0.05) is 25.6 Å². The summed E-state index contributed by atoms with van der Waals surface area (Å²) < 4.78 is 4.81. The van der Waals surface area contributed by atoms with E-state index in [0.29, 0.717) is 5.82 Å². The molecule has 0 aliphatic rings. The van der Waals surface area contributed by atoms with Gasteiger partial charge in [-0.15, -0.1) is 5.10 Å². The van der Waals surface area contributed by atoms with E-state index in [1.54, 1.807) is 0 Å². The van der Waals surface area contributed by atoms with Gasteiger partial charge in [0.1, 0.15) is 11.9 Å². The van der Waals surface area contributed by atoms with Crippen LogP contribution in [0.1, 0.15) is 43.6 Å². The topological polar surface area (TPSA) is 117 Å². The number of nitrogens with zero attached hydrogens (tertiary/aromatic N) is 2. The van der Waals surface area contributed by atoms with Crippen molar-refractivity contribution in [3.8, 4) is 0 Å². The summed E-state index contributed by atoms with van der Waals surface area (Å²) in [6.07, 6.45) is 0.175. The van der Waals surface area contributed by atoms with Crippen molar-refractivity contribution in [1.82, 2.24) is 20.5 Å². The Morgan fingerprint density at radius 3 is 2.55 bits per heavy atom. The van der Waals surface area contributed by atoms with Gasteiger partial charge in [-0.2, -0.15) is 0 Å². The molecule has 0 aromatic carbocycles. The van der Waals surface area contributed by atoms with E-state index in [4.69, 9.17) is 9.84 Å². The lowest BCUT2D eigenvalue weighted by Gasteiger charge is -2.13. The van der Waals surface area contributed by atoms with Gasteiger partial charge in [-0.25, -0.2) is 9.78 Å². The third-order valence-electron chi connectivity index (χ3n) is 2.61. The summed E-state index contributed by atoms with van der Waals surface area (Å²) >= 11 is 0. The Hall–Kier alpha value is -1.96. The predicted octanol–water partition coefficient (Wildman–Crippen LogP) is 0.322. The monoisotopic (exact) mass is 284 g/mol. The molecule has 1 aromatic rings. The highest BCUT2D eigenvalue weighted by molar-refractivity contribution is 5.93. The Morgan fingerprint density at radius 1 is 1.45 bits per heavy atom. The van der Waals surface area contributed by atoms with Crippen molar-refractivity contribution in [3.63, 3.8) is 0 Å². The van der Waals surface area contributed by atoms with Crippen molar-refractivity contribution >= 4 is 11.9 Å². The Labute approximate surface area is 116 Å². The van der Waals surface area contributed by atoms with Crippen molar-refractivity contribution < 1.29 is 19.4 Å². The molecule has 1 aromatic heterocycles. The van der Waals surface area contributed by atoms with E-state index in [0.717, 1.165) is 0 Å². The number of hydrogen-bond acceptors (Lipinski definition) is 5. The summed E-state index contributed by atoms with van der Waals surface area (Å²) in [6.45, 7) is 6.01. The molecule has 0 radical (unpaired) electrons. The van der Waals surface area contributed by atoms with Crippen LogP contribution in [0.5, 0.6) is 0 Å². The number of carbonyl (C=O) groups is 2. The van der Waals surface area contributed by atoms with Crippen LogP contribution in [0.3, 0.4) is 0 Å². The largest absolute Gasteiger partial charge is 0.480 e. The first-order chi connectivity index (χ1) is 9.25. The highest BCUT2D eigenvalue weighted by atomic mass is 16.5. The van der Waals surface area contributed by atoms with Gasteiger partial charge in [0.05, 0.1) is 0 Å². The first-order valence-electron chi connectivity index (χ1n) is 6.21. The van der Waals surface area contributed by atoms with Gasteiger partial charge in [-0.3, -0.25) is 9.89 Å². The molecule has 0 spiro atoms. The van der Waals surface area contributed by atoms with Gasteiger partial charge in [-0.05, 0) is 0 Å². The molecule has 0 saturated carbocycles. The molecule has 8 heteroatoms. The first-order valence-corrected chi connectivity index (χ1v) is 6.21. The number of nitrogens with one attached hydrogen (secondary N) is 2. The minimum atomic E-state index is -1.12. The Morgan fingerprint density at radius 2 is 2.10 bits per heavy atom. The lowest BCUT2D eigenvalue weighted by atomic mass is 9.96. The maximum absolute atomic E-state index is 11.9. The highest BCUT2D eigenvalue weighted by Gasteiger charge is 2.25. The summed E-state index contributed by atoms with van der Waals surface area (Å²) in [6, 6.07) is -1.03. The lowest BCUT2D eigenvalue weighted by molar-refractivity contribution is -0.139. The number of carboxylic acids is 1. The Bertz CT molecular complexity index is 478. The SMILES string of the molecule is COCCC(NC(=O)c1n[nH]c(C(C)(C)C)n1)C(=O)O. The number of aliphatic carboxylic acids is 1. The second-order valence-corrected chi connectivity index (χ2v) is 5.40. The van der Waals surface area contributed by atoms with Crippen LogP contribution < -0.4 is 5.32 Å². The second-order valence-electron chi connectivity index (χ2n) is 5.40. The summed E-state index contributed by atoms with van der Waals surface area (Å²) in [5, 5.41) is 17.9. The summed E-state index contributed by atoms with van der Waals surface area (Å²) in [5.74, 6) is -1.26. The van der Waals surface area contributed by atoms with Gasteiger partial charge in [-0.1, -0.05) is 20.8 Å². The zero-order valence-corrected chi connectivity index (χ0v) is 12.1. The molecule has 1 rings (SSSR count). The molecule has 0 bridgehead atoms. The van der Waals surface area contributed by atoms with Crippen molar-refractivity contribution in [3.05, 3.63) is 11.6 Å². The maximum atomic E-state index is 11.9. The maximum Gasteiger partial charge on any atom is 0.326 e. The van der Waals surface area contributed by atoms with Crippen LogP contribution in [-0.4, -0.2) is 51.9 Å². The number of methoxy groups -OCH3 is 1. The number of carbonyl (C=O) groups excluding carboxylic acids is 1. The molecule has 1 amide bonds. The molecule has 0 aliphatic heterocycles. The van der Waals surface area contributed by atoms with Gasteiger partial charge in [0.2, 0.25) is 5.82 Å². The van der Waals surface area contributed by atoms with E-state index in [-0.39, 0.29) is 24.3 Å². The standard InChI is InChI=1S/C12H20N4O4/c1-12(2,3)11-14-8(15-16-11)9(17)13-7(10(18)19)5-6-20-4/h7H,5-6H2,1-4H3,(H,13,17)(H,18,19)(H,14,15,16). The Balaban J connectivity index is 2.74. The number of aromatic amines is 1. The normalized spacial score (nSPS) is 13.0. The molecule has 1 atom stereocenters. The second kappa shape index (κ2) is 6.47. The molecule has 0 saturated heterocycles. The number of hydrogen-bond donors (Lipinski definition) is 3. The fourth-order valence-electron chi connectivity index (χ4n) is 1.41. The molecule has 1 unspecified atom stereocenters. The minimum Gasteiger partial charge on any atom is -0.480 e. The number of ether oxygens (including phenoxy) is 1. The molecule has 1 heterocycles. The van der Waals surface area contributed by atoms with Gasteiger partial charge in [0.25, 0.3) is 5.91 Å². The molecule has 8 nitrogen and oxygen atoms in total. The summed E-state index contributed by atoms with van der Waals surface area (Å²) in [7, 11) is 1.46. The average molecular weight is 284 g/mol. The van der Waals surface area contributed by atoms with Crippen LogP contribution in [0.15, 0.2) is 0 Å². The van der Waals surface area contributed by atoms with Crippen molar-refractivity contribution in [2.24, 2.45) is 0 Å². The number of rotatable bonds is 6. The average Bonchev–Trinajstić information content (AvgIpc) is 2.83. The number of amides is 1. The Kier molecular flexibility index (Phi) is 5.20. The van der Waals surface area contributed by atoms with E-state index in [2.05, 4.69) is 20.5 Å². The van der Waals surface area contributed by atoms with E-state index in [1.165, 1.54) is 7.11 Å². The van der Waals surface area contributed by atoms with Crippen molar-refractivity contribution in [2.45, 2.75) is 38.6 Å². The minimum absolute atomic E-state index is 0.0707.